The normalized spacial score (nSPS) is 20.3. The second-order valence-corrected chi connectivity index (χ2v) is 10.4. The molecule has 0 radical (unpaired) electrons. The van der Waals surface area contributed by atoms with Crippen LogP contribution in [0.15, 0.2) is 61.2 Å². The largest absolute Gasteiger partial charge is 0.291 e. The Morgan fingerprint density at radius 2 is 1.71 bits per heavy atom. The zero-order chi connectivity index (χ0) is 22.2. The number of rotatable bonds is 6. The van der Waals surface area contributed by atoms with E-state index in [1.807, 2.05) is 12.1 Å². The van der Waals surface area contributed by atoms with Gasteiger partial charge in [-0.3, -0.25) is 4.90 Å². The molecule has 1 aliphatic rings. The number of aromatic nitrogens is 2. The average molecular weight is 464 g/mol. The number of nitrogens with zero attached hydrogens (tertiary/aromatic N) is 3. The van der Waals surface area contributed by atoms with Gasteiger partial charge in [0.15, 0.2) is 9.84 Å². The molecule has 31 heavy (non-hydrogen) atoms. The minimum atomic E-state index is -3.67. The summed E-state index contributed by atoms with van der Waals surface area (Å²) in [6.45, 7) is 0.941. The molecule has 9 heteroatoms. The topological polar surface area (TPSA) is 63.2 Å². The van der Waals surface area contributed by atoms with Gasteiger partial charge in [-0.2, -0.15) is 0 Å². The highest BCUT2D eigenvalue weighted by molar-refractivity contribution is 7.90. The van der Waals surface area contributed by atoms with Gasteiger partial charge in [0.2, 0.25) is 0 Å². The van der Waals surface area contributed by atoms with Crippen molar-refractivity contribution in [1.29, 1.82) is 0 Å². The molecule has 1 aromatic heterocycles. The van der Waals surface area contributed by atoms with Gasteiger partial charge in [-0.15, -0.1) is 0 Å². The first-order chi connectivity index (χ1) is 14.7. The van der Waals surface area contributed by atoms with Crippen LogP contribution < -0.4 is 0 Å². The van der Waals surface area contributed by atoms with Crippen molar-refractivity contribution >= 4 is 21.4 Å². The Morgan fingerprint density at radius 3 is 2.29 bits per heavy atom. The molecule has 2 aromatic carbocycles. The number of hydrogen-bond acceptors (Lipinski definition) is 5. The van der Waals surface area contributed by atoms with E-state index in [1.54, 1.807) is 24.5 Å². The fraction of sp³-hybridized carbons (Fsp3) is 0.273. The number of sulfone groups is 1. The number of halogens is 3. The Balaban J connectivity index is 1.74. The third-order valence-electron chi connectivity index (χ3n) is 5.52. The zero-order valence-corrected chi connectivity index (χ0v) is 18.2. The molecule has 0 amide bonds. The van der Waals surface area contributed by atoms with E-state index in [4.69, 9.17) is 11.6 Å². The van der Waals surface area contributed by atoms with Gasteiger partial charge >= 0.3 is 0 Å². The summed E-state index contributed by atoms with van der Waals surface area (Å²) in [6.07, 6.45) is 5.95. The van der Waals surface area contributed by atoms with Gasteiger partial charge in [-0.25, -0.2) is 27.2 Å². The van der Waals surface area contributed by atoms with Crippen LogP contribution in [0.25, 0.3) is 0 Å². The Hall–Kier alpha value is -2.42. The third kappa shape index (κ3) is 4.76. The summed E-state index contributed by atoms with van der Waals surface area (Å²) in [5.74, 6) is -2.00. The van der Waals surface area contributed by atoms with E-state index in [0.717, 1.165) is 35.6 Å². The summed E-state index contributed by atoms with van der Waals surface area (Å²) in [5.41, 5.74) is 1.88. The summed E-state index contributed by atoms with van der Waals surface area (Å²) in [5, 5.41) is -0.490. The van der Waals surface area contributed by atoms with Crippen LogP contribution in [0, 0.1) is 17.6 Å². The molecule has 162 valence electrons. The number of hydrogen-bond donors (Lipinski definition) is 0. The lowest BCUT2D eigenvalue weighted by Gasteiger charge is -2.51. The van der Waals surface area contributed by atoms with Crippen LogP contribution in [0.2, 0.25) is 5.02 Å². The molecular weight excluding hydrogens is 444 g/mol. The average Bonchev–Trinajstić information content (AvgIpc) is 2.67. The van der Waals surface area contributed by atoms with E-state index in [-0.39, 0.29) is 11.6 Å². The standard InChI is InChI=1S/C22H20ClF2N3O2S/c1-31(29,30)22(16-6-18(24)8-19(25)7-16)20-12-28(11-14-9-26-13-27-10-14)21(20)15-2-4-17(23)5-3-15/h2-10,13,20-22H,11-12H2,1H3. The Bertz CT molecular complexity index is 1160. The lowest BCUT2D eigenvalue weighted by Crippen LogP contribution is -2.52. The van der Waals surface area contributed by atoms with Crippen molar-refractivity contribution in [2.24, 2.45) is 5.92 Å². The van der Waals surface area contributed by atoms with Gasteiger partial charge in [-0.05, 0) is 35.4 Å². The molecule has 1 fully saturated rings. The monoisotopic (exact) mass is 463 g/mol. The van der Waals surface area contributed by atoms with Crippen LogP contribution in [-0.4, -0.2) is 36.1 Å². The van der Waals surface area contributed by atoms with Crippen LogP contribution in [0.3, 0.4) is 0 Å². The van der Waals surface area contributed by atoms with Crippen LogP contribution in [0.4, 0.5) is 8.78 Å². The lowest BCUT2D eigenvalue weighted by molar-refractivity contribution is 0.00245. The van der Waals surface area contributed by atoms with Gasteiger partial charge in [0.1, 0.15) is 18.0 Å². The Morgan fingerprint density at radius 1 is 1.10 bits per heavy atom. The van der Waals surface area contributed by atoms with Crippen LogP contribution in [0.1, 0.15) is 28.0 Å². The molecule has 3 atom stereocenters. The van der Waals surface area contributed by atoms with E-state index in [2.05, 4.69) is 14.9 Å². The van der Waals surface area contributed by atoms with E-state index in [1.165, 1.54) is 6.33 Å². The molecule has 3 aromatic rings. The molecule has 1 aliphatic heterocycles. The van der Waals surface area contributed by atoms with Crippen molar-refractivity contribution in [3.8, 4) is 0 Å². The second-order valence-electron chi connectivity index (χ2n) is 7.79. The molecule has 5 nitrogen and oxygen atoms in total. The maximum Gasteiger partial charge on any atom is 0.154 e. The first-order valence-corrected chi connectivity index (χ1v) is 11.9. The van der Waals surface area contributed by atoms with Crippen molar-refractivity contribution in [2.45, 2.75) is 17.8 Å². The molecule has 0 saturated carbocycles. The quantitative estimate of drug-likeness (QED) is 0.543. The number of benzene rings is 2. The second kappa shape index (κ2) is 8.61. The highest BCUT2D eigenvalue weighted by Crippen LogP contribution is 2.49. The first kappa shape index (κ1) is 21.8. The molecule has 2 heterocycles. The van der Waals surface area contributed by atoms with E-state index in [9.17, 15) is 17.2 Å². The molecule has 0 aliphatic carbocycles. The fourth-order valence-corrected chi connectivity index (χ4v) is 5.98. The van der Waals surface area contributed by atoms with Crippen molar-refractivity contribution in [1.82, 2.24) is 14.9 Å². The summed E-state index contributed by atoms with van der Waals surface area (Å²) < 4.78 is 53.4. The molecule has 0 spiro atoms. The highest BCUT2D eigenvalue weighted by Gasteiger charge is 2.48. The number of likely N-dealkylation sites (tertiary alicyclic amines) is 1. The Kier molecular flexibility index (Phi) is 6.05. The van der Waals surface area contributed by atoms with Crippen molar-refractivity contribution in [2.75, 3.05) is 12.8 Å². The minimum Gasteiger partial charge on any atom is -0.291 e. The Labute approximate surface area is 184 Å². The van der Waals surface area contributed by atoms with E-state index < -0.39 is 32.6 Å². The van der Waals surface area contributed by atoms with Gasteiger partial charge in [0.05, 0.1) is 5.25 Å². The maximum atomic E-state index is 13.9. The van der Waals surface area contributed by atoms with Gasteiger partial charge in [-0.1, -0.05) is 23.7 Å². The van der Waals surface area contributed by atoms with Gasteiger partial charge < -0.3 is 0 Å². The van der Waals surface area contributed by atoms with Crippen LogP contribution >= 0.6 is 11.6 Å². The highest BCUT2D eigenvalue weighted by atomic mass is 35.5. The molecule has 0 N–H and O–H groups in total. The lowest BCUT2D eigenvalue weighted by atomic mass is 9.78. The predicted octanol–water partition coefficient (Wildman–Crippen LogP) is 4.37. The predicted molar refractivity (Wildman–Crippen MR) is 114 cm³/mol. The summed E-state index contributed by atoms with van der Waals surface area (Å²) in [7, 11) is -3.67. The minimum absolute atomic E-state index is 0.117. The van der Waals surface area contributed by atoms with Crippen molar-refractivity contribution in [3.05, 3.63) is 94.5 Å². The molecule has 4 rings (SSSR count). The third-order valence-corrected chi connectivity index (χ3v) is 7.32. The smallest absolute Gasteiger partial charge is 0.154 e. The van der Waals surface area contributed by atoms with Crippen molar-refractivity contribution < 1.29 is 17.2 Å². The zero-order valence-electron chi connectivity index (χ0n) is 16.6. The van der Waals surface area contributed by atoms with E-state index in [0.29, 0.717) is 18.1 Å². The van der Waals surface area contributed by atoms with Crippen LogP contribution in [0.5, 0.6) is 0 Å². The fourth-order valence-electron chi connectivity index (χ4n) is 4.36. The molecule has 0 bridgehead atoms. The maximum absolute atomic E-state index is 13.9. The summed E-state index contributed by atoms with van der Waals surface area (Å²) in [6, 6.07) is 9.83. The van der Waals surface area contributed by atoms with Gasteiger partial charge in [0, 0.05) is 60.4 Å². The van der Waals surface area contributed by atoms with Gasteiger partial charge in [0.25, 0.3) is 0 Å². The SMILES string of the molecule is CS(=O)(=O)C(c1cc(F)cc(F)c1)C1CN(Cc2cncnc2)C1c1ccc(Cl)cc1. The molecule has 3 unspecified atom stereocenters. The van der Waals surface area contributed by atoms with Crippen molar-refractivity contribution in [3.63, 3.8) is 0 Å². The summed E-state index contributed by atoms with van der Waals surface area (Å²) in [4.78, 5) is 10.2. The summed E-state index contributed by atoms with van der Waals surface area (Å²) >= 11 is 6.04. The first-order valence-electron chi connectivity index (χ1n) is 9.60. The molecular formula is C22H20ClF2N3O2S. The molecule has 1 saturated heterocycles. The van der Waals surface area contributed by atoms with E-state index >= 15 is 0 Å². The van der Waals surface area contributed by atoms with Crippen LogP contribution in [-0.2, 0) is 16.4 Å².